The van der Waals surface area contributed by atoms with Crippen LogP contribution in [0.5, 0.6) is 5.75 Å². The number of hydrogen-bond acceptors (Lipinski definition) is 6. The van der Waals surface area contributed by atoms with E-state index in [0.29, 0.717) is 18.9 Å². The highest BCUT2D eigenvalue weighted by molar-refractivity contribution is 5.97. The molecule has 0 spiro atoms. The van der Waals surface area contributed by atoms with Gasteiger partial charge in [0, 0.05) is 13.2 Å². The minimum Gasteiger partial charge on any atom is -0.491 e. The second-order valence-corrected chi connectivity index (χ2v) is 6.70. The molecule has 2 rings (SSSR count). The van der Waals surface area contributed by atoms with Gasteiger partial charge in [-0.05, 0) is 43.0 Å². The molecule has 1 saturated heterocycles. The third kappa shape index (κ3) is 7.65. The topological polar surface area (TPSA) is 103 Å². The molecule has 1 aromatic carbocycles. The van der Waals surface area contributed by atoms with Crippen molar-refractivity contribution in [1.82, 2.24) is 10.6 Å². The Labute approximate surface area is 158 Å². The van der Waals surface area contributed by atoms with Crippen LogP contribution in [0.3, 0.4) is 0 Å². The Morgan fingerprint density at radius 1 is 1.22 bits per heavy atom. The second-order valence-electron chi connectivity index (χ2n) is 6.70. The van der Waals surface area contributed by atoms with E-state index in [9.17, 15) is 14.4 Å². The molecule has 0 aliphatic carbocycles. The molecule has 1 atom stereocenters. The van der Waals surface area contributed by atoms with Crippen LogP contribution in [0.1, 0.15) is 37.0 Å². The summed E-state index contributed by atoms with van der Waals surface area (Å²) in [6.45, 7) is 5.02. The van der Waals surface area contributed by atoms with Crippen LogP contribution in [-0.2, 0) is 14.3 Å². The van der Waals surface area contributed by atoms with Gasteiger partial charge in [0.15, 0.2) is 6.61 Å². The highest BCUT2D eigenvalue weighted by Gasteiger charge is 2.16. The van der Waals surface area contributed by atoms with Gasteiger partial charge in [-0.1, -0.05) is 13.8 Å². The van der Waals surface area contributed by atoms with Crippen LogP contribution in [0.25, 0.3) is 0 Å². The molecule has 0 aromatic heterocycles. The van der Waals surface area contributed by atoms with Crippen LogP contribution in [0.15, 0.2) is 24.3 Å². The van der Waals surface area contributed by atoms with Gasteiger partial charge in [0.25, 0.3) is 5.91 Å². The minimum absolute atomic E-state index is 0.117. The molecule has 1 aliphatic rings. The Morgan fingerprint density at radius 3 is 2.59 bits per heavy atom. The average Bonchev–Trinajstić information content (AvgIpc) is 3.17. The van der Waals surface area contributed by atoms with Gasteiger partial charge in [0.2, 0.25) is 0 Å². The van der Waals surface area contributed by atoms with Crippen molar-refractivity contribution < 1.29 is 28.6 Å². The van der Waals surface area contributed by atoms with E-state index in [1.807, 2.05) is 13.8 Å². The van der Waals surface area contributed by atoms with Crippen molar-refractivity contribution in [2.45, 2.75) is 32.8 Å². The van der Waals surface area contributed by atoms with Gasteiger partial charge < -0.3 is 19.5 Å². The lowest BCUT2D eigenvalue weighted by molar-refractivity contribution is -0.123. The highest BCUT2D eigenvalue weighted by atomic mass is 16.5. The van der Waals surface area contributed by atoms with Gasteiger partial charge in [-0.2, -0.15) is 0 Å². The first kappa shape index (κ1) is 20.7. The Kier molecular flexibility index (Phi) is 8.06. The maximum Gasteiger partial charge on any atom is 0.338 e. The zero-order valence-electron chi connectivity index (χ0n) is 15.7. The van der Waals surface area contributed by atoms with Crippen LogP contribution in [0.2, 0.25) is 0 Å². The summed E-state index contributed by atoms with van der Waals surface area (Å²) in [5, 5.41) is 4.63. The van der Waals surface area contributed by atoms with Gasteiger partial charge in [-0.15, -0.1) is 0 Å². The Hall–Kier alpha value is -2.61. The van der Waals surface area contributed by atoms with Crippen molar-refractivity contribution in [2.24, 2.45) is 5.92 Å². The molecule has 0 saturated carbocycles. The van der Waals surface area contributed by atoms with Gasteiger partial charge in [0.1, 0.15) is 12.4 Å². The molecular weight excluding hydrogens is 352 g/mol. The van der Waals surface area contributed by atoms with Crippen molar-refractivity contribution in [3.05, 3.63) is 29.8 Å². The lowest BCUT2D eigenvalue weighted by Crippen LogP contribution is -2.42. The number of urea groups is 1. The zero-order valence-corrected chi connectivity index (χ0v) is 15.7. The summed E-state index contributed by atoms with van der Waals surface area (Å²) in [5.74, 6) is -0.456. The highest BCUT2D eigenvalue weighted by Crippen LogP contribution is 2.17. The van der Waals surface area contributed by atoms with Gasteiger partial charge >= 0.3 is 12.0 Å². The summed E-state index contributed by atoms with van der Waals surface area (Å²) in [6, 6.07) is 5.81. The number of carbonyl (C=O) groups is 3. The van der Waals surface area contributed by atoms with E-state index in [4.69, 9.17) is 14.2 Å². The summed E-state index contributed by atoms with van der Waals surface area (Å²) in [6.07, 6.45) is 2.15. The quantitative estimate of drug-likeness (QED) is 0.670. The number of esters is 1. The number of benzene rings is 1. The largest absolute Gasteiger partial charge is 0.491 e. The maximum absolute atomic E-state index is 12.0. The first-order valence-corrected chi connectivity index (χ1v) is 9.03. The van der Waals surface area contributed by atoms with Crippen LogP contribution >= 0.6 is 0 Å². The molecule has 0 unspecified atom stereocenters. The fraction of sp³-hybridized carbons (Fsp3) is 0.526. The molecular formula is C19H26N2O6. The van der Waals surface area contributed by atoms with E-state index >= 15 is 0 Å². The standard InChI is InChI=1S/C19H26N2O6/c1-13(2)10-20-19(24)21-17(22)12-27-18(23)14-5-7-15(8-6-14)26-11-16-4-3-9-25-16/h5-8,13,16H,3-4,9-12H2,1-2H3,(H2,20,21,22,24)/t16-/m1/s1. The number of rotatable bonds is 8. The maximum atomic E-state index is 12.0. The molecule has 0 bridgehead atoms. The fourth-order valence-electron chi connectivity index (χ4n) is 2.37. The minimum atomic E-state index is -0.693. The van der Waals surface area contributed by atoms with Crippen molar-refractivity contribution in [1.29, 1.82) is 0 Å². The first-order valence-electron chi connectivity index (χ1n) is 9.03. The lowest BCUT2D eigenvalue weighted by Gasteiger charge is -2.11. The SMILES string of the molecule is CC(C)CNC(=O)NC(=O)COC(=O)c1ccc(OC[C@H]2CCCO2)cc1. The summed E-state index contributed by atoms with van der Waals surface area (Å²) in [5.41, 5.74) is 0.288. The molecule has 0 radical (unpaired) electrons. The van der Waals surface area contributed by atoms with Crippen molar-refractivity contribution in [3.8, 4) is 5.75 Å². The average molecular weight is 378 g/mol. The fourth-order valence-corrected chi connectivity index (χ4v) is 2.37. The normalized spacial score (nSPS) is 16.0. The smallest absolute Gasteiger partial charge is 0.338 e. The van der Waals surface area contributed by atoms with Gasteiger partial charge in [-0.25, -0.2) is 9.59 Å². The Balaban J connectivity index is 1.70. The molecule has 148 valence electrons. The summed E-state index contributed by atoms with van der Waals surface area (Å²) in [7, 11) is 0. The number of carbonyl (C=O) groups excluding carboxylic acids is 3. The predicted molar refractivity (Wildman–Crippen MR) is 97.6 cm³/mol. The van der Waals surface area contributed by atoms with E-state index in [-0.39, 0.29) is 17.6 Å². The summed E-state index contributed by atoms with van der Waals surface area (Å²) < 4.78 is 16.0. The third-order valence-electron chi connectivity index (χ3n) is 3.81. The zero-order chi connectivity index (χ0) is 19.6. The van der Waals surface area contributed by atoms with E-state index in [1.165, 1.54) is 0 Å². The number of amides is 3. The van der Waals surface area contributed by atoms with Crippen LogP contribution in [0.4, 0.5) is 4.79 Å². The van der Waals surface area contributed by atoms with Crippen LogP contribution in [0, 0.1) is 5.92 Å². The molecule has 3 amide bonds. The lowest BCUT2D eigenvalue weighted by atomic mass is 10.2. The monoisotopic (exact) mass is 378 g/mol. The van der Waals surface area contributed by atoms with E-state index in [0.717, 1.165) is 19.4 Å². The third-order valence-corrected chi connectivity index (χ3v) is 3.81. The predicted octanol–water partition coefficient (Wildman–Crippen LogP) is 1.88. The summed E-state index contributed by atoms with van der Waals surface area (Å²) >= 11 is 0. The molecule has 2 N–H and O–H groups in total. The molecule has 8 nitrogen and oxygen atoms in total. The van der Waals surface area contributed by atoms with Crippen LogP contribution < -0.4 is 15.4 Å². The van der Waals surface area contributed by atoms with Gasteiger partial charge in [0.05, 0.1) is 11.7 Å². The molecule has 1 aliphatic heterocycles. The van der Waals surface area contributed by atoms with E-state index in [1.54, 1.807) is 24.3 Å². The Bertz CT molecular complexity index is 638. The van der Waals surface area contributed by atoms with E-state index < -0.39 is 24.5 Å². The molecule has 27 heavy (non-hydrogen) atoms. The molecule has 1 heterocycles. The second kappa shape index (κ2) is 10.5. The van der Waals surface area contributed by atoms with E-state index in [2.05, 4.69) is 10.6 Å². The Morgan fingerprint density at radius 2 is 1.96 bits per heavy atom. The summed E-state index contributed by atoms with van der Waals surface area (Å²) in [4.78, 5) is 35.0. The van der Waals surface area contributed by atoms with Crippen molar-refractivity contribution >= 4 is 17.9 Å². The number of ether oxygens (including phenoxy) is 3. The van der Waals surface area contributed by atoms with Crippen molar-refractivity contribution in [2.75, 3.05) is 26.4 Å². The number of imide groups is 1. The van der Waals surface area contributed by atoms with Crippen molar-refractivity contribution in [3.63, 3.8) is 0 Å². The molecule has 1 aromatic rings. The molecule has 8 heteroatoms. The van der Waals surface area contributed by atoms with Gasteiger partial charge in [-0.3, -0.25) is 10.1 Å². The number of nitrogens with one attached hydrogen (secondary N) is 2. The van der Waals surface area contributed by atoms with Crippen LogP contribution in [-0.4, -0.2) is 50.4 Å². The number of hydrogen-bond donors (Lipinski definition) is 2. The molecule has 1 fully saturated rings. The first-order chi connectivity index (χ1) is 12.9.